The Labute approximate surface area is 116 Å². The van der Waals surface area contributed by atoms with Crippen LogP contribution in [0.4, 0.5) is 0 Å². The van der Waals surface area contributed by atoms with E-state index in [1.807, 2.05) is 30.3 Å². The topological polar surface area (TPSA) is 86.6 Å². The summed E-state index contributed by atoms with van der Waals surface area (Å²) in [7, 11) is 0. The van der Waals surface area contributed by atoms with E-state index in [9.17, 15) is 14.7 Å². The molecule has 1 aromatic carbocycles. The summed E-state index contributed by atoms with van der Waals surface area (Å²) in [5, 5.41) is 20.5. The van der Waals surface area contributed by atoms with Crippen molar-refractivity contribution < 1.29 is 19.8 Å². The summed E-state index contributed by atoms with van der Waals surface area (Å²) in [6.45, 7) is 0.847. The first-order valence-electron chi connectivity index (χ1n) is 5.76. The predicted octanol–water partition coefficient (Wildman–Crippen LogP) is 0.872. The summed E-state index contributed by atoms with van der Waals surface area (Å²) >= 11 is 1.43. The average Bonchev–Trinajstić information content (AvgIpc) is 2.37. The molecule has 104 valence electrons. The van der Waals surface area contributed by atoms with Gasteiger partial charge in [0.05, 0.1) is 12.3 Å². The van der Waals surface area contributed by atoms with E-state index in [4.69, 9.17) is 5.11 Å². The van der Waals surface area contributed by atoms with Crippen LogP contribution >= 0.6 is 11.8 Å². The molecule has 0 radical (unpaired) electrons. The summed E-state index contributed by atoms with van der Waals surface area (Å²) in [4.78, 5) is 22.1. The van der Waals surface area contributed by atoms with Crippen molar-refractivity contribution in [3.63, 3.8) is 0 Å². The maximum Gasteiger partial charge on any atom is 0.337 e. The van der Waals surface area contributed by atoms with Gasteiger partial charge >= 0.3 is 5.97 Å². The van der Waals surface area contributed by atoms with Crippen molar-refractivity contribution >= 4 is 23.6 Å². The second-order valence-corrected chi connectivity index (χ2v) is 5.32. The van der Waals surface area contributed by atoms with Gasteiger partial charge in [-0.3, -0.25) is 4.79 Å². The molecule has 1 rings (SSSR count). The van der Waals surface area contributed by atoms with Crippen LogP contribution in [0.15, 0.2) is 30.3 Å². The SMILES string of the molecule is CC(O)(CNC(=O)CSCc1ccccc1)C(=O)O. The standard InChI is InChI=1S/C13H17NO4S/c1-13(18,12(16)17)9-14-11(15)8-19-7-10-5-3-2-4-6-10/h2-6,18H,7-9H2,1H3,(H,14,15)(H,16,17). The van der Waals surface area contributed by atoms with E-state index in [1.54, 1.807) is 0 Å². The molecular weight excluding hydrogens is 266 g/mol. The zero-order valence-electron chi connectivity index (χ0n) is 10.6. The third kappa shape index (κ3) is 5.76. The molecular formula is C13H17NO4S. The molecule has 0 aliphatic heterocycles. The molecule has 3 N–H and O–H groups in total. The zero-order valence-corrected chi connectivity index (χ0v) is 11.4. The van der Waals surface area contributed by atoms with Crippen molar-refractivity contribution in [2.45, 2.75) is 18.3 Å². The molecule has 0 saturated heterocycles. The Balaban J connectivity index is 2.24. The molecule has 1 aromatic rings. The number of rotatable bonds is 7. The highest BCUT2D eigenvalue weighted by Crippen LogP contribution is 2.11. The molecule has 0 aromatic heterocycles. The molecule has 1 amide bonds. The molecule has 0 bridgehead atoms. The highest BCUT2D eigenvalue weighted by Gasteiger charge is 2.30. The molecule has 1 atom stereocenters. The number of hydrogen-bond acceptors (Lipinski definition) is 4. The van der Waals surface area contributed by atoms with Gasteiger partial charge in [-0.1, -0.05) is 30.3 Å². The van der Waals surface area contributed by atoms with Gasteiger partial charge in [0.25, 0.3) is 0 Å². The van der Waals surface area contributed by atoms with Gasteiger partial charge in [-0.25, -0.2) is 4.79 Å². The van der Waals surface area contributed by atoms with Gasteiger partial charge in [-0.15, -0.1) is 11.8 Å². The van der Waals surface area contributed by atoms with E-state index >= 15 is 0 Å². The Hall–Kier alpha value is -1.53. The molecule has 19 heavy (non-hydrogen) atoms. The van der Waals surface area contributed by atoms with Crippen LogP contribution in [0.3, 0.4) is 0 Å². The van der Waals surface area contributed by atoms with Crippen LogP contribution in [-0.4, -0.2) is 40.0 Å². The summed E-state index contributed by atoms with van der Waals surface area (Å²) in [5.74, 6) is -0.707. The van der Waals surface area contributed by atoms with E-state index in [-0.39, 0.29) is 18.2 Å². The minimum Gasteiger partial charge on any atom is -0.479 e. The lowest BCUT2D eigenvalue weighted by atomic mass is 10.1. The molecule has 1 unspecified atom stereocenters. The summed E-state index contributed by atoms with van der Waals surface area (Å²) < 4.78 is 0. The lowest BCUT2D eigenvalue weighted by Crippen LogP contribution is -2.46. The fourth-order valence-corrected chi connectivity index (χ4v) is 2.05. The second kappa shape index (κ2) is 7.16. The van der Waals surface area contributed by atoms with E-state index in [2.05, 4.69) is 5.32 Å². The fourth-order valence-electron chi connectivity index (χ4n) is 1.23. The van der Waals surface area contributed by atoms with Crippen LogP contribution in [0, 0.1) is 0 Å². The lowest BCUT2D eigenvalue weighted by Gasteiger charge is -2.18. The third-order valence-corrected chi connectivity index (χ3v) is 3.44. The molecule has 0 saturated carbocycles. The number of carbonyl (C=O) groups is 2. The minimum absolute atomic E-state index is 0.227. The molecule has 0 aliphatic rings. The average molecular weight is 283 g/mol. The second-order valence-electron chi connectivity index (χ2n) is 4.33. The van der Waals surface area contributed by atoms with Gasteiger partial charge in [0, 0.05) is 5.75 Å². The van der Waals surface area contributed by atoms with Crippen molar-refractivity contribution in [2.75, 3.05) is 12.3 Å². The first-order valence-corrected chi connectivity index (χ1v) is 6.91. The van der Waals surface area contributed by atoms with E-state index < -0.39 is 11.6 Å². The van der Waals surface area contributed by atoms with Gasteiger partial charge in [0.15, 0.2) is 5.60 Å². The Bertz CT molecular complexity index is 434. The van der Waals surface area contributed by atoms with Crippen molar-refractivity contribution in [2.24, 2.45) is 0 Å². The Morgan fingerprint density at radius 1 is 1.32 bits per heavy atom. The number of aliphatic carboxylic acids is 1. The van der Waals surface area contributed by atoms with Crippen LogP contribution in [0.1, 0.15) is 12.5 Å². The number of nitrogens with one attached hydrogen (secondary N) is 1. The number of benzene rings is 1. The van der Waals surface area contributed by atoms with Gasteiger partial charge in [0.2, 0.25) is 5.91 Å². The van der Waals surface area contributed by atoms with Crippen molar-refractivity contribution in [1.29, 1.82) is 0 Å². The van der Waals surface area contributed by atoms with Gasteiger partial charge < -0.3 is 15.5 Å². The minimum atomic E-state index is -1.93. The Kier molecular flexibility index (Phi) is 5.85. The Morgan fingerprint density at radius 3 is 2.53 bits per heavy atom. The van der Waals surface area contributed by atoms with Crippen LogP contribution in [0.2, 0.25) is 0 Å². The van der Waals surface area contributed by atoms with Crippen LogP contribution in [-0.2, 0) is 15.3 Å². The molecule has 0 spiro atoms. The molecule has 0 heterocycles. The largest absolute Gasteiger partial charge is 0.479 e. The lowest BCUT2D eigenvalue weighted by molar-refractivity contribution is -0.156. The van der Waals surface area contributed by atoms with Crippen LogP contribution < -0.4 is 5.32 Å². The highest BCUT2D eigenvalue weighted by molar-refractivity contribution is 7.99. The van der Waals surface area contributed by atoms with E-state index in [0.717, 1.165) is 12.5 Å². The highest BCUT2D eigenvalue weighted by atomic mass is 32.2. The first-order chi connectivity index (χ1) is 8.92. The summed E-state index contributed by atoms with van der Waals surface area (Å²) in [6, 6.07) is 9.73. The number of hydrogen-bond donors (Lipinski definition) is 3. The molecule has 5 nitrogen and oxygen atoms in total. The quantitative estimate of drug-likeness (QED) is 0.691. The fraction of sp³-hybridized carbons (Fsp3) is 0.385. The van der Waals surface area contributed by atoms with Gasteiger partial charge in [-0.2, -0.15) is 0 Å². The van der Waals surface area contributed by atoms with Crippen molar-refractivity contribution in [3.05, 3.63) is 35.9 Å². The van der Waals surface area contributed by atoms with Gasteiger partial charge in [-0.05, 0) is 12.5 Å². The van der Waals surface area contributed by atoms with Crippen LogP contribution in [0.5, 0.6) is 0 Å². The number of carboxylic acid groups (broad SMARTS) is 1. The predicted molar refractivity (Wildman–Crippen MR) is 73.9 cm³/mol. The zero-order chi connectivity index (χ0) is 14.3. The van der Waals surface area contributed by atoms with E-state index in [1.165, 1.54) is 11.8 Å². The third-order valence-electron chi connectivity index (χ3n) is 2.44. The Morgan fingerprint density at radius 2 is 1.95 bits per heavy atom. The maximum absolute atomic E-state index is 11.5. The van der Waals surface area contributed by atoms with Crippen molar-refractivity contribution in [1.82, 2.24) is 5.32 Å². The first kappa shape index (κ1) is 15.5. The molecule has 6 heteroatoms. The van der Waals surface area contributed by atoms with Crippen molar-refractivity contribution in [3.8, 4) is 0 Å². The molecule has 0 fully saturated rings. The summed E-state index contributed by atoms with van der Waals surface area (Å²) in [5.41, 5.74) is -0.808. The number of carboxylic acids is 1. The number of amides is 1. The smallest absolute Gasteiger partial charge is 0.337 e. The monoisotopic (exact) mass is 283 g/mol. The maximum atomic E-state index is 11.5. The molecule has 0 aliphatic carbocycles. The number of thioether (sulfide) groups is 1. The van der Waals surface area contributed by atoms with E-state index in [0.29, 0.717) is 5.75 Å². The number of carbonyl (C=O) groups excluding carboxylic acids is 1. The van der Waals surface area contributed by atoms with Gasteiger partial charge in [0.1, 0.15) is 0 Å². The summed E-state index contributed by atoms with van der Waals surface area (Å²) in [6.07, 6.45) is 0. The normalized spacial score (nSPS) is 13.6. The van der Waals surface area contributed by atoms with Crippen LogP contribution in [0.25, 0.3) is 0 Å². The number of aliphatic hydroxyl groups is 1.